The standard InChI is InChI=1S/C15H23N3O3/c1-4-7-21-11(3)9-17-15(20)18-13-6-5-12(14(16)19)8-10(13)2/h5-6,8,11H,4,7,9H2,1-3H3,(H2,16,19)(H2,17,18,20)/t11-/m1/s1. The molecule has 0 heterocycles. The maximum absolute atomic E-state index is 11.8. The first-order valence-electron chi connectivity index (χ1n) is 7.01. The van der Waals surface area contributed by atoms with E-state index in [2.05, 4.69) is 10.6 Å². The Morgan fingerprint density at radius 1 is 1.38 bits per heavy atom. The maximum Gasteiger partial charge on any atom is 0.319 e. The molecule has 0 fully saturated rings. The molecule has 0 aromatic heterocycles. The predicted octanol–water partition coefficient (Wildman–Crippen LogP) is 2.03. The topological polar surface area (TPSA) is 93.4 Å². The first kappa shape index (κ1) is 17.0. The van der Waals surface area contributed by atoms with Gasteiger partial charge >= 0.3 is 6.03 Å². The van der Waals surface area contributed by atoms with Gasteiger partial charge in [0.2, 0.25) is 5.91 Å². The van der Waals surface area contributed by atoms with Crippen molar-refractivity contribution >= 4 is 17.6 Å². The largest absolute Gasteiger partial charge is 0.377 e. The number of nitrogens with one attached hydrogen (secondary N) is 2. The van der Waals surface area contributed by atoms with E-state index in [0.717, 1.165) is 12.0 Å². The van der Waals surface area contributed by atoms with Crippen molar-refractivity contribution in [3.63, 3.8) is 0 Å². The number of anilines is 1. The van der Waals surface area contributed by atoms with Crippen molar-refractivity contribution in [1.82, 2.24) is 5.32 Å². The molecule has 6 heteroatoms. The summed E-state index contributed by atoms with van der Waals surface area (Å²) in [7, 11) is 0. The summed E-state index contributed by atoms with van der Waals surface area (Å²) in [6.07, 6.45) is 0.913. The molecule has 1 aromatic carbocycles. The zero-order chi connectivity index (χ0) is 15.8. The molecule has 116 valence electrons. The van der Waals surface area contributed by atoms with Crippen LogP contribution in [0.2, 0.25) is 0 Å². The van der Waals surface area contributed by atoms with Crippen molar-refractivity contribution < 1.29 is 14.3 Å². The van der Waals surface area contributed by atoms with Gasteiger partial charge in [-0.3, -0.25) is 4.79 Å². The SMILES string of the molecule is CCCO[C@H](C)CNC(=O)Nc1ccc(C(N)=O)cc1C. The van der Waals surface area contributed by atoms with E-state index in [0.29, 0.717) is 24.4 Å². The van der Waals surface area contributed by atoms with Crippen molar-refractivity contribution in [2.45, 2.75) is 33.3 Å². The molecule has 0 unspecified atom stereocenters. The molecular weight excluding hydrogens is 270 g/mol. The Bertz CT molecular complexity index is 503. The van der Waals surface area contributed by atoms with Crippen molar-refractivity contribution in [2.75, 3.05) is 18.5 Å². The van der Waals surface area contributed by atoms with Crippen LogP contribution in [0.5, 0.6) is 0 Å². The zero-order valence-corrected chi connectivity index (χ0v) is 12.7. The number of carbonyl (C=O) groups excluding carboxylic acids is 2. The molecule has 1 rings (SSSR count). The summed E-state index contributed by atoms with van der Waals surface area (Å²) >= 11 is 0. The summed E-state index contributed by atoms with van der Waals surface area (Å²) in [5, 5.41) is 5.47. The average molecular weight is 293 g/mol. The number of carbonyl (C=O) groups is 2. The fraction of sp³-hybridized carbons (Fsp3) is 0.467. The second-order valence-corrected chi connectivity index (χ2v) is 4.91. The van der Waals surface area contributed by atoms with Crippen molar-refractivity contribution in [2.24, 2.45) is 5.73 Å². The number of aryl methyl sites for hydroxylation is 1. The molecule has 0 aliphatic rings. The lowest BCUT2D eigenvalue weighted by atomic mass is 10.1. The third kappa shape index (κ3) is 5.83. The van der Waals surface area contributed by atoms with Gasteiger partial charge in [-0.2, -0.15) is 0 Å². The smallest absolute Gasteiger partial charge is 0.319 e. The van der Waals surface area contributed by atoms with Gasteiger partial charge in [-0.15, -0.1) is 0 Å². The highest BCUT2D eigenvalue weighted by atomic mass is 16.5. The molecule has 0 saturated carbocycles. The Morgan fingerprint density at radius 3 is 2.67 bits per heavy atom. The highest BCUT2D eigenvalue weighted by molar-refractivity contribution is 5.95. The molecule has 6 nitrogen and oxygen atoms in total. The molecule has 0 bridgehead atoms. The van der Waals surface area contributed by atoms with Gasteiger partial charge in [0.1, 0.15) is 0 Å². The number of ether oxygens (including phenoxy) is 1. The summed E-state index contributed by atoms with van der Waals surface area (Å²) in [6.45, 7) is 6.85. The van der Waals surface area contributed by atoms with E-state index >= 15 is 0 Å². The maximum atomic E-state index is 11.8. The number of hydrogen-bond acceptors (Lipinski definition) is 3. The summed E-state index contributed by atoms with van der Waals surface area (Å²) in [5.74, 6) is -0.490. The van der Waals surface area contributed by atoms with Gasteiger partial charge in [-0.1, -0.05) is 6.92 Å². The highest BCUT2D eigenvalue weighted by Gasteiger charge is 2.08. The number of urea groups is 1. The Morgan fingerprint density at radius 2 is 2.10 bits per heavy atom. The van der Waals surface area contributed by atoms with Crippen LogP contribution in [0, 0.1) is 6.92 Å². The number of nitrogens with two attached hydrogens (primary N) is 1. The van der Waals surface area contributed by atoms with Gasteiger partial charge in [0.25, 0.3) is 0 Å². The van der Waals surface area contributed by atoms with Crippen LogP contribution in [-0.4, -0.2) is 31.2 Å². The van der Waals surface area contributed by atoms with Gasteiger partial charge in [-0.25, -0.2) is 4.79 Å². The first-order valence-corrected chi connectivity index (χ1v) is 7.01. The van der Waals surface area contributed by atoms with E-state index in [1.807, 2.05) is 13.8 Å². The third-order valence-electron chi connectivity index (χ3n) is 2.92. The molecule has 0 radical (unpaired) electrons. The first-order chi connectivity index (χ1) is 9.93. The predicted molar refractivity (Wildman–Crippen MR) is 82.4 cm³/mol. The molecule has 3 amide bonds. The molecular formula is C15H23N3O3. The van der Waals surface area contributed by atoms with Crippen LogP contribution in [0.25, 0.3) is 0 Å². The fourth-order valence-electron chi connectivity index (χ4n) is 1.74. The lowest BCUT2D eigenvalue weighted by molar-refractivity contribution is 0.0682. The summed E-state index contributed by atoms with van der Waals surface area (Å²) in [6, 6.07) is 4.58. The number of benzene rings is 1. The Labute approximate surface area is 125 Å². The van der Waals surface area contributed by atoms with E-state index in [4.69, 9.17) is 10.5 Å². The summed E-state index contributed by atoms with van der Waals surface area (Å²) in [4.78, 5) is 22.9. The summed E-state index contributed by atoms with van der Waals surface area (Å²) in [5.41, 5.74) is 7.03. The van der Waals surface area contributed by atoms with Gasteiger partial charge in [0.05, 0.1) is 6.10 Å². The van der Waals surface area contributed by atoms with Gasteiger partial charge in [0.15, 0.2) is 0 Å². The van der Waals surface area contributed by atoms with E-state index in [1.165, 1.54) is 0 Å². The average Bonchev–Trinajstić information content (AvgIpc) is 2.44. The van der Waals surface area contributed by atoms with Gasteiger partial charge < -0.3 is 21.1 Å². The molecule has 0 spiro atoms. The van der Waals surface area contributed by atoms with Crippen LogP contribution in [0.3, 0.4) is 0 Å². The van der Waals surface area contributed by atoms with Crippen LogP contribution in [0.15, 0.2) is 18.2 Å². The van der Waals surface area contributed by atoms with Gasteiger partial charge in [0, 0.05) is 24.4 Å². The Balaban J connectivity index is 2.49. The monoisotopic (exact) mass is 293 g/mol. The molecule has 1 atom stereocenters. The normalized spacial score (nSPS) is 11.8. The minimum Gasteiger partial charge on any atom is -0.377 e. The van der Waals surface area contributed by atoms with Crippen LogP contribution >= 0.6 is 0 Å². The van der Waals surface area contributed by atoms with E-state index in [-0.39, 0.29) is 12.1 Å². The van der Waals surface area contributed by atoms with E-state index in [1.54, 1.807) is 25.1 Å². The molecule has 21 heavy (non-hydrogen) atoms. The second-order valence-electron chi connectivity index (χ2n) is 4.91. The minimum absolute atomic E-state index is 0.0333. The number of amides is 3. The van der Waals surface area contributed by atoms with E-state index < -0.39 is 5.91 Å². The quantitative estimate of drug-likeness (QED) is 0.718. The van der Waals surface area contributed by atoms with Crippen LogP contribution < -0.4 is 16.4 Å². The number of primary amides is 1. The molecule has 0 aliphatic heterocycles. The Kier molecular flexibility index (Phi) is 6.68. The molecule has 0 saturated heterocycles. The zero-order valence-electron chi connectivity index (χ0n) is 12.7. The second kappa shape index (κ2) is 8.26. The number of rotatable bonds is 7. The molecule has 0 aliphatic carbocycles. The highest BCUT2D eigenvalue weighted by Crippen LogP contribution is 2.16. The fourth-order valence-corrected chi connectivity index (χ4v) is 1.74. The molecule has 4 N–H and O–H groups in total. The molecule has 1 aromatic rings. The summed E-state index contributed by atoms with van der Waals surface area (Å²) < 4.78 is 5.46. The lowest BCUT2D eigenvalue weighted by Crippen LogP contribution is -2.35. The van der Waals surface area contributed by atoms with Crippen LogP contribution in [0.4, 0.5) is 10.5 Å². The van der Waals surface area contributed by atoms with E-state index in [9.17, 15) is 9.59 Å². The minimum atomic E-state index is -0.490. The van der Waals surface area contributed by atoms with Crippen molar-refractivity contribution in [3.05, 3.63) is 29.3 Å². The van der Waals surface area contributed by atoms with Crippen LogP contribution in [0.1, 0.15) is 36.2 Å². The lowest BCUT2D eigenvalue weighted by Gasteiger charge is -2.15. The third-order valence-corrected chi connectivity index (χ3v) is 2.92. The van der Waals surface area contributed by atoms with Crippen molar-refractivity contribution in [1.29, 1.82) is 0 Å². The van der Waals surface area contributed by atoms with Crippen molar-refractivity contribution in [3.8, 4) is 0 Å². The van der Waals surface area contributed by atoms with Gasteiger partial charge in [-0.05, 0) is 44.0 Å². The Hall–Kier alpha value is -2.08. The number of hydrogen-bond donors (Lipinski definition) is 3. The van der Waals surface area contributed by atoms with Crippen LogP contribution in [-0.2, 0) is 4.74 Å².